The molecule has 0 aliphatic heterocycles. The topological polar surface area (TPSA) is 74.1 Å². The maximum atomic E-state index is 15.0. The first-order chi connectivity index (χ1) is 14.8. The molecule has 0 bridgehead atoms. The van der Waals surface area contributed by atoms with E-state index in [0.29, 0.717) is 15.2 Å². The number of hydrogen-bond donors (Lipinski definition) is 2. The number of nitrogens with zero attached hydrogens (tertiary/aromatic N) is 1. The van der Waals surface area contributed by atoms with Crippen molar-refractivity contribution >= 4 is 62.5 Å². The van der Waals surface area contributed by atoms with E-state index in [0.717, 1.165) is 0 Å². The number of carbonyl (C=O) groups excluding carboxylic acids is 1. The second-order valence-corrected chi connectivity index (χ2v) is 8.31. The molecule has 3 rings (SSSR count). The summed E-state index contributed by atoms with van der Waals surface area (Å²) in [7, 11) is 0. The van der Waals surface area contributed by atoms with Crippen LogP contribution in [-0.2, 0) is 6.54 Å². The van der Waals surface area contributed by atoms with Gasteiger partial charge in [-0.15, -0.1) is 0 Å². The zero-order chi connectivity index (χ0) is 22.5. The molecule has 0 fully saturated rings. The maximum Gasteiger partial charge on any atom is 0.319 e. The normalized spacial score (nSPS) is 10.3. The highest BCUT2D eigenvalue weighted by atomic mass is 79.9. The fourth-order valence-corrected chi connectivity index (χ4v) is 3.61. The van der Waals surface area contributed by atoms with Crippen LogP contribution in [0, 0.1) is 17.1 Å². The molecule has 10 heteroatoms. The van der Waals surface area contributed by atoms with Gasteiger partial charge in [-0.1, -0.05) is 40.9 Å². The van der Waals surface area contributed by atoms with Gasteiger partial charge in [0.25, 0.3) is 0 Å². The highest BCUT2D eigenvalue weighted by molar-refractivity contribution is 9.10. The number of urea groups is 1. The molecule has 2 amide bonds. The highest BCUT2D eigenvalue weighted by Crippen LogP contribution is 2.35. The van der Waals surface area contributed by atoms with E-state index in [2.05, 4.69) is 26.6 Å². The molecule has 31 heavy (non-hydrogen) atoms. The summed E-state index contributed by atoms with van der Waals surface area (Å²) >= 11 is 21.1. The lowest BCUT2D eigenvalue weighted by atomic mass is 10.2. The first kappa shape index (κ1) is 23.2. The molecule has 0 spiro atoms. The van der Waals surface area contributed by atoms with Gasteiger partial charge in [-0.2, -0.15) is 5.26 Å². The lowest BCUT2D eigenvalue weighted by Crippen LogP contribution is -2.28. The predicted molar refractivity (Wildman–Crippen MR) is 123 cm³/mol. The summed E-state index contributed by atoms with van der Waals surface area (Å²) in [5.41, 5.74) is 0.811. The molecular weight excluding hydrogens is 532 g/mol. The van der Waals surface area contributed by atoms with Crippen molar-refractivity contribution in [3.8, 4) is 17.6 Å². The Hall–Kier alpha value is -2.50. The first-order valence-electron chi connectivity index (χ1n) is 8.62. The Morgan fingerprint density at radius 3 is 2.58 bits per heavy atom. The number of anilines is 1. The van der Waals surface area contributed by atoms with Crippen molar-refractivity contribution in [2.24, 2.45) is 0 Å². The molecule has 5 nitrogen and oxygen atoms in total. The van der Waals surface area contributed by atoms with Gasteiger partial charge in [-0.3, -0.25) is 0 Å². The van der Waals surface area contributed by atoms with Crippen molar-refractivity contribution in [1.29, 1.82) is 5.26 Å². The minimum Gasteiger partial charge on any atom is -0.453 e. The Bertz CT molecular complexity index is 1200. The molecule has 0 unspecified atom stereocenters. The summed E-state index contributed by atoms with van der Waals surface area (Å²) in [6.07, 6.45) is 0. The summed E-state index contributed by atoms with van der Waals surface area (Å²) in [5.74, 6) is -0.590. The fourth-order valence-electron chi connectivity index (χ4n) is 2.54. The number of nitriles is 1. The Labute approximate surface area is 200 Å². The van der Waals surface area contributed by atoms with Crippen LogP contribution in [0.1, 0.15) is 11.1 Å². The van der Waals surface area contributed by atoms with Crippen LogP contribution < -0.4 is 15.4 Å². The Kier molecular flexibility index (Phi) is 7.63. The summed E-state index contributed by atoms with van der Waals surface area (Å²) in [6, 6.07) is 13.4. The van der Waals surface area contributed by atoms with Crippen molar-refractivity contribution in [3.63, 3.8) is 0 Å². The molecular formula is C21H12BrCl3FN3O2. The third-order valence-corrected chi connectivity index (χ3v) is 5.36. The third kappa shape index (κ3) is 6.02. The molecule has 0 aliphatic carbocycles. The number of halogens is 5. The molecule has 3 aromatic carbocycles. The summed E-state index contributed by atoms with van der Waals surface area (Å²) < 4.78 is 21.0. The van der Waals surface area contributed by atoms with Crippen LogP contribution in [-0.4, -0.2) is 6.03 Å². The van der Waals surface area contributed by atoms with Gasteiger partial charge in [0.1, 0.15) is 5.75 Å². The Morgan fingerprint density at radius 1 is 1.10 bits per heavy atom. The number of amides is 2. The second-order valence-electron chi connectivity index (χ2n) is 6.17. The maximum absolute atomic E-state index is 15.0. The van der Waals surface area contributed by atoms with Gasteiger partial charge in [-0.05, 0) is 58.4 Å². The Balaban J connectivity index is 1.74. The van der Waals surface area contributed by atoms with Crippen molar-refractivity contribution in [3.05, 3.63) is 85.0 Å². The molecule has 2 N–H and O–H groups in total. The van der Waals surface area contributed by atoms with Crippen molar-refractivity contribution in [2.45, 2.75) is 6.54 Å². The summed E-state index contributed by atoms with van der Waals surface area (Å²) in [5, 5.41) is 15.2. The quantitative estimate of drug-likeness (QED) is 0.349. The minimum atomic E-state index is -0.683. The predicted octanol–water partition coefficient (Wildman–Crippen LogP) is 7.53. The Morgan fingerprint density at radius 2 is 1.87 bits per heavy atom. The van der Waals surface area contributed by atoms with Gasteiger partial charge in [0.2, 0.25) is 0 Å². The average molecular weight is 544 g/mol. The first-order valence-corrected chi connectivity index (χ1v) is 10.5. The third-order valence-electron chi connectivity index (χ3n) is 3.97. The van der Waals surface area contributed by atoms with Crippen LogP contribution in [0.5, 0.6) is 11.5 Å². The summed E-state index contributed by atoms with van der Waals surface area (Å²) in [4.78, 5) is 12.2. The molecule has 0 aromatic heterocycles. The van der Waals surface area contributed by atoms with Gasteiger partial charge in [0, 0.05) is 22.2 Å². The highest BCUT2D eigenvalue weighted by Gasteiger charge is 2.16. The van der Waals surface area contributed by atoms with Crippen molar-refractivity contribution < 1.29 is 13.9 Å². The average Bonchev–Trinajstić information content (AvgIpc) is 2.72. The molecule has 0 saturated carbocycles. The zero-order valence-corrected chi connectivity index (χ0v) is 19.3. The van der Waals surface area contributed by atoms with E-state index in [1.54, 1.807) is 18.2 Å². The van der Waals surface area contributed by atoms with Crippen molar-refractivity contribution in [2.75, 3.05) is 5.32 Å². The lowest BCUT2D eigenvalue weighted by molar-refractivity contribution is 0.251. The fraction of sp³-hybridized carbons (Fsp3) is 0.0476. The van der Waals surface area contributed by atoms with Gasteiger partial charge in [0.15, 0.2) is 11.6 Å². The number of ether oxygens (including phenoxy) is 1. The molecule has 3 aromatic rings. The lowest BCUT2D eigenvalue weighted by Gasteiger charge is -2.14. The number of benzene rings is 3. The van der Waals surface area contributed by atoms with E-state index in [1.165, 1.54) is 30.3 Å². The van der Waals surface area contributed by atoms with E-state index in [-0.39, 0.29) is 39.2 Å². The number of rotatable bonds is 5. The largest absolute Gasteiger partial charge is 0.453 e. The van der Waals surface area contributed by atoms with Crippen LogP contribution in [0.15, 0.2) is 53.0 Å². The monoisotopic (exact) mass is 541 g/mol. The van der Waals surface area contributed by atoms with Crippen molar-refractivity contribution in [1.82, 2.24) is 5.32 Å². The van der Waals surface area contributed by atoms with Crippen LogP contribution in [0.25, 0.3) is 0 Å². The molecule has 0 heterocycles. The van der Waals surface area contributed by atoms with Crippen LogP contribution in [0.2, 0.25) is 15.1 Å². The molecule has 0 radical (unpaired) electrons. The van der Waals surface area contributed by atoms with Gasteiger partial charge >= 0.3 is 6.03 Å². The van der Waals surface area contributed by atoms with E-state index in [9.17, 15) is 4.79 Å². The zero-order valence-electron chi connectivity index (χ0n) is 15.5. The van der Waals surface area contributed by atoms with E-state index in [1.807, 2.05) is 6.07 Å². The van der Waals surface area contributed by atoms with Crippen LogP contribution in [0.4, 0.5) is 14.9 Å². The molecule has 0 atom stereocenters. The van der Waals surface area contributed by atoms with E-state index >= 15 is 4.39 Å². The van der Waals surface area contributed by atoms with Gasteiger partial charge < -0.3 is 15.4 Å². The number of nitrogens with one attached hydrogen (secondary N) is 2. The van der Waals surface area contributed by atoms with E-state index < -0.39 is 11.8 Å². The van der Waals surface area contributed by atoms with Crippen LogP contribution in [0.3, 0.4) is 0 Å². The SMILES string of the molecule is N#Cc1cc(Cl)cc(Oc2c(Br)ccc(CNC(=O)Nc3ccc(Cl)cc3Cl)c2F)c1. The minimum absolute atomic E-state index is 0.105. The summed E-state index contributed by atoms with van der Waals surface area (Å²) in [6.45, 7) is -0.120. The molecule has 0 aliphatic rings. The molecule has 158 valence electrons. The van der Waals surface area contributed by atoms with Gasteiger partial charge in [0.05, 0.1) is 26.8 Å². The molecule has 0 saturated heterocycles. The standard InChI is InChI=1S/C21H12BrCl3FN3O2/c22-16-3-1-12(10-28-21(30)29-18-4-2-13(23)8-17(18)25)19(26)20(16)31-15-6-11(9-27)5-14(24)7-15/h1-8H,10H2,(H2,28,29,30). The second kappa shape index (κ2) is 10.2. The van der Waals surface area contributed by atoms with Gasteiger partial charge in [-0.25, -0.2) is 9.18 Å². The number of carbonyl (C=O) groups is 1. The smallest absolute Gasteiger partial charge is 0.319 e. The van der Waals surface area contributed by atoms with E-state index in [4.69, 9.17) is 44.8 Å². The number of hydrogen-bond acceptors (Lipinski definition) is 3. The van der Waals surface area contributed by atoms with Crippen LogP contribution >= 0.6 is 50.7 Å².